The van der Waals surface area contributed by atoms with E-state index in [-0.39, 0.29) is 0 Å². The number of aliphatic carboxylic acids is 1. The highest BCUT2D eigenvalue weighted by molar-refractivity contribution is 5.83. The molecule has 3 heteroatoms. The molecule has 2 aromatic rings. The molecular formula is C13H15NO2. The fraction of sp³-hybridized carbons (Fsp3) is 0.308. The monoisotopic (exact) mass is 217 g/mol. The van der Waals surface area contributed by atoms with E-state index in [1.165, 1.54) is 0 Å². The number of carboxylic acid groups (broad SMARTS) is 1. The van der Waals surface area contributed by atoms with Crippen molar-refractivity contribution < 1.29 is 9.90 Å². The summed E-state index contributed by atoms with van der Waals surface area (Å²) >= 11 is 0. The molecule has 1 N–H and O–H groups in total. The fourth-order valence-electron chi connectivity index (χ4n) is 1.96. The molecule has 1 unspecified atom stereocenters. The molecule has 0 spiro atoms. The van der Waals surface area contributed by atoms with Crippen LogP contribution in [-0.4, -0.2) is 15.6 Å². The van der Waals surface area contributed by atoms with Gasteiger partial charge in [0.15, 0.2) is 0 Å². The predicted octanol–water partition coefficient (Wildman–Crippen LogP) is 3.07. The summed E-state index contributed by atoms with van der Waals surface area (Å²) < 4.78 is 1.80. The summed E-state index contributed by atoms with van der Waals surface area (Å²) in [5.74, 6) is -0.762. The molecule has 1 aromatic heterocycles. The van der Waals surface area contributed by atoms with E-state index in [4.69, 9.17) is 5.11 Å². The van der Waals surface area contributed by atoms with Gasteiger partial charge in [0.2, 0.25) is 0 Å². The molecule has 0 fully saturated rings. The van der Waals surface area contributed by atoms with Crippen LogP contribution < -0.4 is 0 Å². The first-order valence-electron chi connectivity index (χ1n) is 5.51. The van der Waals surface area contributed by atoms with Crippen molar-refractivity contribution in [2.24, 2.45) is 0 Å². The van der Waals surface area contributed by atoms with Gasteiger partial charge in [-0.2, -0.15) is 0 Å². The van der Waals surface area contributed by atoms with Crippen LogP contribution in [0.2, 0.25) is 0 Å². The maximum Gasteiger partial charge on any atom is 0.326 e. The third kappa shape index (κ3) is 1.94. The van der Waals surface area contributed by atoms with Gasteiger partial charge in [-0.05, 0) is 17.2 Å². The van der Waals surface area contributed by atoms with Crippen LogP contribution in [0.3, 0.4) is 0 Å². The number of carboxylic acids is 1. The van der Waals surface area contributed by atoms with Crippen molar-refractivity contribution in [2.45, 2.75) is 25.8 Å². The predicted molar refractivity (Wildman–Crippen MR) is 63.5 cm³/mol. The van der Waals surface area contributed by atoms with Gasteiger partial charge in [-0.1, -0.05) is 37.6 Å². The van der Waals surface area contributed by atoms with Crippen molar-refractivity contribution in [1.29, 1.82) is 0 Å². The molecule has 1 heterocycles. The van der Waals surface area contributed by atoms with Crippen molar-refractivity contribution >= 4 is 16.7 Å². The molecular weight excluding hydrogens is 202 g/mol. The zero-order valence-corrected chi connectivity index (χ0v) is 9.26. The standard InChI is InChI=1S/C13H15NO2/c1-2-5-12(13(15)16)14-8-10-6-3-4-7-11(10)9-14/h3-4,6-9,12H,2,5H2,1H3,(H,15,16). The van der Waals surface area contributed by atoms with Gasteiger partial charge in [0, 0.05) is 12.4 Å². The van der Waals surface area contributed by atoms with Crippen LogP contribution in [0.5, 0.6) is 0 Å². The lowest BCUT2D eigenvalue weighted by Crippen LogP contribution is -2.17. The van der Waals surface area contributed by atoms with Crippen LogP contribution in [0, 0.1) is 0 Å². The van der Waals surface area contributed by atoms with Crippen molar-refractivity contribution in [3.05, 3.63) is 36.7 Å². The molecule has 3 nitrogen and oxygen atoms in total. The van der Waals surface area contributed by atoms with Crippen LogP contribution in [0.1, 0.15) is 25.8 Å². The van der Waals surface area contributed by atoms with E-state index in [1.54, 1.807) is 4.57 Å². The highest BCUT2D eigenvalue weighted by Gasteiger charge is 2.17. The van der Waals surface area contributed by atoms with E-state index in [0.717, 1.165) is 17.2 Å². The zero-order chi connectivity index (χ0) is 11.5. The minimum atomic E-state index is -0.762. The Hall–Kier alpha value is -1.77. The number of hydrogen-bond acceptors (Lipinski definition) is 1. The summed E-state index contributed by atoms with van der Waals surface area (Å²) in [7, 11) is 0. The summed E-state index contributed by atoms with van der Waals surface area (Å²) in [6, 6.07) is 7.47. The average molecular weight is 217 g/mol. The molecule has 0 aliphatic heterocycles. The average Bonchev–Trinajstić information content (AvgIpc) is 2.68. The van der Waals surface area contributed by atoms with Crippen LogP contribution in [0.25, 0.3) is 10.8 Å². The molecule has 0 aliphatic carbocycles. The summed E-state index contributed by atoms with van der Waals surface area (Å²) in [6.45, 7) is 2.00. The second-order valence-corrected chi connectivity index (χ2v) is 3.98. The number of fused-ring (bicyclic) bond motifs is 1. The van der Waals surface area contributed by atoms with Crippen molar-refractivity contribution in [1.82, 2.24) is 4.57 Å². The second kappa shape index (κ2) is 4.39. The zero-order valence-electron chi connectivity index (χ0n) is 9.26. The smallest absolute Gasteiger partial charge is 0.326 e. The van der Waals surface area contributed by atoms with E-state index in [9.17, 15) is 4.79 Å². The lowest BCUT2D eigenvalue weighted by atomic mass is 10.2. The van der Waals surface area contributed by atoms with Crippen LogP contribution in [0.15, 0.2) is 36.7 Å². The van der Waals surface area contributed by atoms with Crippen molar-refractivity contribution in [2.75, 3.05) is 0 Å². The summed E-state index contributed by atoms with van der Waals surface area (Å²) in [5.41, 5.74) is 0. The number of nitrogens with zero attached hydrogens (tertiary/aromatic N) is 1. The second-order valence-electron chi connectivity index (χ2n) is 3.98. The van der Waals surface area contributed by atoms with Crippen LogP contribution >= 0.6 is 0 Å². The molecule has 0 bridgehead atoms. The summed E-state index contributed by atoms with van der Waals surface area (Å²) in [4.78, 5) is 11.1. The first-order valence-corrected chi connectivity index (χ1v) is 5.51. The van der Waals surface area contributed by atoms with Crippen LogP contribution in [-0.2, 0) is 4.79 Å². The first-order chi connectivity index (χ1) is 7.72. The summed E-state index contributed by atoms with van der Waals surface area (Å²) in [6.07, 6.45) is 5.34. The van der Waals surface area contributed by atoms with Crippen molar-refractivity contribution in [3.8, 4) is 0 Å². The molecule has 1 aromatic carbocycles. The molecule has 0 saturated heterocycles. The van der Waals surface area contributed by atoms with Gasteiger partial charge in [0.1, 0.15) is 6.04 Å². The van der Waals surface area contributed by atoms with E-state index < -0.39 is 12.0 Å². The minimum Gasteiger partial charge on any atom is -0.480 e. The number of rotatable bonds is 4. The van der Waals surface area contributed by atoms with Gasteiger partial charge >= 0.3 is 5.97 Å². The Morgan fingerprint density at radius 1 is 1.31 bits per heavy atom. The van der Waals surface area contributed by atoms with Gasteiger partial charge in [0.05, 0.1) is 0 Å². The normalized spacial score (nSPS) is 12.8. The number of hydrogen-bond donors (Lipinski definition) is 1. The van der Waals surface area contributed by atoms with Gasteiger partial charge in [-0.3, -0.25) is 0 Å². The fourth-order valence-corrected chi connectivity index (χ4v) is 1.96. The van der Waals surface area contributed by atoms with Crippen LogP contribution in [0.4, 0.5) is 0 Å². The largest absolute Gasteiger partial charge is 0.480 e. The van der Waals surface area contributed by atoms with E-state index in [1.807, 2.05) is 43.6 Å². The van der Waals surface area contributed by atoms with E-state index in [2.05, 4.69) is 0 Å². The Balaban J connectivity index is 2.40. The molecule has 84 valence electrons. The van der Waals surface area contributed by atoms with Gasteiger partial charge in [0.25, 0.3) is 0 Å². The quantitative estimate of drug-likeness (QED) is 0.855. The van der Waals surface area contributed by atoms with Gasteiger partial charge in [-0.25, -0.2) is 4.79 Å². The highest BCUT2D eigenvalue weighted by Crippen LogP contribution is 2.21. The van der Waals surface area contributed by atoms with Gasteiger partial charge in [-0.15, -0.1) is 0 Å². The molecule has 0 aliphatic rings. The maximum absolute atomic E-state index is 11.1. The molecule has 1 atom stereocenters. The van der Waals surface area contributed by atoms with Crippen molar-refractivity contribution in [3.63, 3.8) is 0 Å². The third-order valence-electron chi connectivity index (χ3n) is 2.78. The van der Waals surface area contributed by atoms with E-state index in [0.29, 0.717) is 6.42 Å². The van der Waals surface area contributed by atoms with E-state index >= 15 is 0 Å². The highest BCUT2D eigenvalue weighted by atomic mass is 16.4. The number of aromatic nitrogens is 1. The lowest BCUT2D eigenvalue weighted by molar-refractivity contribution is -0.141. The molecule has 16 heavy (non-hydrogen) atoms. The SMILES string of the molecule is CCCC(C(=O)O)n1cc2ccccc2c1. The Labute approximate surface area is 94.3 Å². The Morgan fingerprint density at radius 3 is 2.31 bits per heavy atom. The minimum absolute atomic E-state index is 0.447. The topological polar surface area (TPSA) is 42.2 Å². The lowest BCUT2D eigenvalue weighted by Gasteiger charge is -2.12. The Bertz CT molecular complexity index is 468. The Kier molecular flexibility index (Phi) is 2.95. The number of benzene rings is 1. The molecule has 0 saturated carbocycles. The Morgan fingerprint density at radius 2 is 1.88 bits per heavy atom. The third-order valence-corrected chi connectivity index (χ3v) is 2.78. The molecule has 2 rings (SSSR count). The molecule has 0 amide bonds. The maximum atomic E-state index is 11.1. The number of carbonyl (C=O) groups is 1. The first kappa shape index (κ1) is 10.7. The summed E-state index contributed by atoms with van der Waals surface area (Å²) in [5, 5.41) is 11.3. The van der Waals surface area contributed by atoms with Gasteiger partial charge < -0.3 is 9.67 Å². The molecule has 0 radical (unpaired) electrons.